The molecule has 0 radical (unpaired) electrons. The maximum Gasteiger partial charge on any atom is 0.0674 e. The predicted molar refractivity (Wildman–Crippen MR) is 38.9 cm³/mol. The van der Waals surface area contributed by atoms with E-state index in [9.17, 15) is 0 Å². The fourth-order valence-corrected chi connectivity index (χ4v) is 0.830. The number of ether oxygens (including phenoxy) is 1. The Morgan fingerprint density at radius 2 is 2.50 bits per heavy atom. The van der Waals surface area contributed by atoms with Crippen LogP contribution in [-0.2, 0) is 11.2 Å². The lowest BCUT2D eigenvalue weighted by atomic mass is 10.2. The molecule has 1 N–H and O–H groups in total. The maximum atomic E-state index is 4.92. The number of aromatic amines is 1. The van der Waals surface area contributed by atoms with Crippen LogP contribution in [0, 0.1) is 6.92 Å². The van der Waals surface area contributed by atoms with Gasteiger partial charge in [-0.2, -0.15) is 5.10 Å². The SMILES string of the molecule is COCCc1n[nH]cc1C. The van der Waals surface area contributed by atoms with E-state index in [1.807, 2.05) is 13.1 Å². The van der Waals surface area contributed by atoms with Crippen LogP contribution in [0.4, 0.5) is 0 Å². The van der Waals surface area contributed by atoms with Gasteiger partial charge in [-0.05, 0) is 12.5 Å². The zero-order valence-corrected chi connectivity index (χ0v) is 6.35. The Morgan fingerprint density at radius 1 is 1.70 bits per heavy atom. The Hall–Kier alpha value is -0.830. The highest BCUT2D eigenvalue weighted by Gasteiger charge is 1.98. The van der Waals surface area contributed by atoms with E-state index in [2.05, 4.69) is 10.2 Å². The predicted octanol–water partition coefficient (Wildman–Crippen LogP) is 0.907. The van der Waals surface area contributed by atoms with Gasteiger partial charge < -0.3 is 4.74 Å². The largest absolute Gasteiger partial charge is 0.384 e. The van der Waals surface area contributed by atoms with E-state index in [0.29, 0.717) is 0 Å². The Kier molecular flexibility index (Phi) is 2.45. The summed E-state index contributed by atoms with van der Waals surface area (Å²) in [5.41, 5.74) is 2.30. The molecule has 0 aliphatic rings. The second kappa shape index (κ2) is 3.37. The molecule has 0 saturated heterocycles. The molecule has 1 rings (SSSR count). The van der Waals surface area contributed by atoms with Gasteiger partial charge in [-0.1, -0.05) is 0 Å². The molecule has 0 atom stereocenters. The van der Waals surface area contributed by atoms with Gasteiger partial charge in [0.25, 0.3) is 0 Å². The second-order valence-corrected chi connectivity index (χ2v) is 2.26. The summed E-state index contributed by atoms with van der Waals surface area (Å²) in [6, 6.07) is 0. The van der Waals surface area contributed by atoms with Crippen LogP contribution in [-0.4, -0.2) is 23.9 Å². The number of nitrogens with zero attached hydrogens (tertiary/aromatic N) is 1. The molecule has 1 aromatic rings. The maximum absolute atomic E-state index is 4.92. The summed E-state index contributed by atoms with van der Waals surface area (Å²) in [6.45, 7) is 2.78. The van der Waals surface area contributed by atoms with Gasteiger partial charge in [-0.15, -0.1) is 0 Å². The van der Waals surface area contributed by atoms with E-state index < -0.39 is 0 Å². The van der Waals surface area contributed by atoms with Crippen LogP contribution in [0.15, 0.2) is 6.20 Å². The van der Waals surface area contributed by atoms with Crippen molar-refractivity contribution in [3.8, 4) is 0 Å². The molecule has 3 heteroatoms. The number of hydrogen-bond acceptors (Lipinski definition) is 2. The molecular weight excluding hydrogens is 128 g/mol. The van der Waals surface area contributed by atoms with Crippen LogP contribution >= 0.6 is 0 Å². The minimum atomic E-state index is 0.742. The Balaban J connectivity index is 2.49. The number of H-pyrrole nitrogens is 1. The minimum Gasteiger partial charge on any atom is -0.384 e. The zero-order chi connectivity index (χ0) is 7.40. The first-order chi connectivity index (χ1) is 4.84. The van der Waals surface area contributed by atoms with Crippen molar-refractivity contribution >= 4 is 0 Å². The van der Waals surface area contributed by atoms with Gasteiger partial charge in [0.1, 0.15) is 0 Å². The van der Waals surface area contributed by atoms with Gasteiger partial charge in [-0.3, -0.25) is 5.10 Å². The summed E-state index contributed by atoms with van der Waals surface area (Å²) in [4.78, 5) is 0. The summed E-state index contributed by atoms with van der Waals surface area (Å²) in [5.74, 6) is 0. The molecule has 0 bridgehead atoms. The van der Waals surface area contributed by atoms with Crippen LogP contribution in [0.25, 0.3) is 0 Å². The second-order valence-electron chi connectivity index (χ2n) is 2.26. The monoisotopic (exact) mass is 140 g/mol. The lowest BCUT2D eigenvalue weighted by molar-refractivity contribution is 0.201. The summed E-state index contributed by atoms with van der Waals surface area (Å²) in [5, 5.41) is 6.85. The first-order valence-electron chi connectivity index (χ1n) is 3.33. The van der Waals surface area contributed by atoms with E-state index >= 15 is 0 Å². The fraction of sp³-hybridized carbons (Fsp3) is 0.571. The third kappa shape index (κ3) is 1.57. The fourth-order valence-electron chi connectivity index (χ4n) is 0.830. The van der Waals surface area contributed by atoms with Gasteiger partial charge in [-0.25, -0.2) is 0 Å². The molecular formula is C7H12N2O. The number of nitrogens with one attached hydrogen (secondary N) is 1. The van der Waals surface area contributed by atoms with E-state index in [0.717, 1.165) is 18.7 Å². The van der Waals surface area contributed by atoms with Crippen molar-refractivity contribution < 1.29 is 4.74 Å². The highest BCUT2D eigenvalue weighted by atomic mass is 16.5. The third-order valence-electron chi connectivity index (χ3n) is 1.48. The number of aryl methyl sites for hydroxylation is 1. The molecule has 3 nitrogen and oxygen atoms in total. The highest BCUT2D eigenvalue weighted by Crippen LogP contribution is 2.01. The quantitative estimate of drug-likeness (QED) is 0.677. The Labute approximate surface area is 60.4 Å². The Morgan fingerprint density at radius 3 is 3.00 bits per heavy atom. The van der Waals surface area contributed by atoms with Crippen LogP contribution < -0.4 is 0 Å². The highest BCUT2D eigenvalue weighted by molar-refractivity contribution is 5.13. The topological polar surface area (TPSA) is 37.9 Å². The van der Waals surface area contributed by atoms with E-state index in [-0.39, 0.29) is 0 Å². The molecule has 0 unspecified atom stereocenters. The van der Waals surface area contributed by atoms with E-state index in [1.54, 1.807) is 7.11 Å². The average molecular weight is 140 g/mol. The van der Waals surface area contributed by atoms with Gasteiger partial charge in [0, 0.05) is 19.7 Å². The normalized spacial score (nSPS) is 10.2. The van der Waals surface area contributed by atoms with Crippen molar-refractivity contribution in [3.05, 3.63) is 17.5 Å². The molecule has 0 spiro atoms. The van der Waals surface area contributed by atoms with Gasteiger partial charge in [0.05, 0.1) is 12.3 Å². The summed E-state index contributed by atoms with van der Waals surface area (Å²) in [6.07, 6.45) is 2.79. The van der Waals surface area contributed by atoms with Gasteiger partial charge in [0.2, 0.25) is 0 Å². The molecule has 0 fully saturated rings. The van der Waals surface area contributed by atoms with E-state index in [1.165, 1.54) is 5.56 Å². The van der Waals surface area contributed by atoms with Crippen molar-refractivity contribution in [2.24, 2.45) is 0 Å². The molecule has 56 valence electrons. The summed E-state index contributed by atoms with van der Waals surface area (Å²) < 4.78 is 4.92. The minimum absolute atomic E-state index is 0.742. The molecule has 10 heavy (non-hydrogen) atoms. The molecule has 0 aliphatic carbocycles. The van der Waals surface area contributed by atoms with Crippen molar-refractivity contribution in [3.63, 3.8) is 0 Å². The van der Waals surface area contributed by atoms with Crippen LogP contribution in [0.5, 0.6) is 0 Å². The smallest absolute Gasteiger partial charge is 0.0674 e. The Bertz CT molecular complexity index is 195. The summed E-state index contributed by atoms with van der Waals surface area (Å²) >= 11 is 0. The number of methoxy groups -OCH3 is 1. The van der Waals surface area contributed by atoms with Crippen LogP contribution in [0.3, 0.4) is 0 Å². The molecule has 0 aromatic carbocycles. The number of hydrogen-bond donors (Lipinski definition) is 1. The van der Waals surface area contributed by atoms with Gasteiger partial charge >= 0.3 is 0 Å². The van der Waals surface area contributed by atoms with Crippen LogP contribution in [0.1, 0.15) is 11.3 Å². The standard InChI is InChI=1S/C7H12N2O/c1-6-5-8-9-7(6)3-4-10-2/h5H,3-4H2,1-2H3,(H,8,9). The molecule has 0 amide bonds. The molecule has 0 aliphatic heterocycles. The van der Waals surface area contributed by atoms with E-state index in [4.69, 9.17) is 4.74 Å². The summed E-state index contributed by atoms with van der Waals surface area (Å²) in [7, 11) is 1.70. The van der Waals surface area contributed by atoms with Crippen molar-refractivity contribution in [1.29, 1.82) is 0 Å². The molecule has 1 heterocycles. The van der Waals surface area contributed by atoms with Crippen molar-refractivity contribution in [2.75, 3.05) is 13.7 Å². The van der Waals surface area contributed by atoms with Gasteiger partial charge in [0.15, 0.2) is 0 Å². The lowest BCUT2D eigenvalue weighted by Gasteiger charge is -1.94. The number of aromatic nitrogens is 2. The zero-order valence-electron chi connectivity index (χ0n) is 6.35. The first kappa shape index (κ1) is 7.28. The number of rotatable bonds is 3. The lowest BCUT2D eigenvalue weighted by Crippen LogP contribution is -1.96. The first-order valence-corrected chi connectivity index (χ1v) is 3.33. The van der Waals surface area contributed by atoms with Crippen LogP contribution in [0.2, 0.25) is 0 Å². The molecule has 0 saturated carbocycles. The molecule has 1 aromatic heterocycles. The average Bonchev–Trinajstić information content (AvgIpc) is 2.31. The van der Waals surface area contributed by atoms with Crippen molar-refractivity contribution in [1.82, 2.24) is 10.2 Å². The van der Waals surface area contributed by atoms with Crippen molar-refractivity contribution in [2.45, 2.75) is 13.3 Å². The third-order valence-corrected chi connectivity index (χ3v) is 1.48.